The Labute approximate surface area is 135 Å². The third-order valence-electron chi connectivity index (χ3n) is 4.02. The monoisotopic (exact) mass is 331 g/mol. The van der Waals surface area contributed by atoms with Gasteiger partial charge in [-0.05, 0) is 30.9 Å². The average Bonchev–Trinajstić information content (AvgIpc) is 3.08. The van der Waals surface area contributed by atoms with Crippen molar-refractivity contribution in [2.24, 2.45) is 5.92 Å². The lowest BCUT2D eigenvalue weighted by atomic mass is 10.00. The van der Waals surface area contributed by atoms with E-state index in [-0.39, 0.29) is 16.4 Å². The Kier molecular flexibility index (Phi) is 4.41. The Morgan fingerprint density at radius 1 is 1.35 bits per heavy atom. The van der Waals surface area contributed by atoms with Crippen LogP contribution in [0.1, 0.15) is 18.4 Å². The average molecular weight is 331 g/mol. The van der Waals surface area contributed by atoms with Gasteiger partial charge in [0.05, 0.1) is 10.5 Å². The van der Waals surface area contributed by atoms with Gasteiger partial charge in [0.25, 0.3) is 0 Å². The minimum absolute atomic E-state index is 0.0869. The molecule has 0 saturated carbocycles. The van der Waals surface area contributed by atoms with Crippen LogP contribution in [0.2, 0.25) is 0 Å². The molecular formula is C15H17N5O2S. The largest absolute Gasteiger partial charge is 0.253 e. The summed E-state index contributed by atoms with van der Waals surface area (Å²) in [6, 6.07) is 8.30. The van der Waals surface area contributed by atoms with Crippen molar-refractivity contribution < 1.29 is 8.42 Å². The molecule has 0 aliphatic carbocycles. The molecule has 120 valence electrons. The second-order valence-electron chi connectivity index (χ2n) is 5.60. The predicted molar refractivity (Wildman–Crippen MR) is 82.7 cm³/mol. The van der Waals surface area contributed by atoms with E-state index in [1.54, 1.807) is 23.1 Å². The van der Waals surface area contributed by atoms with Gasteiger partial charge < -0.3 is 0 Å². The molecule has 8 heteroatoms. The number of piperidine rings is 1. The van der Waals surface area contributed by atoms with Gasteiger partial charge in [-0.3, -0.25) is 4.68 Å². The smallest absolute Gasteiger partial charge is 0.244 e. The normalized spacial score (nSPS) is 19.3. The highest BCUT2D eigenvalue weighted by molar-refractivity contribution is 7.89. The van der Waals surface area contributed by atoms with Crippen molar-refractivity contribution in [3.63, 3.8) is 0 Å². The molecule has 0 radical (unpaired) electrons. The highest BCUT2D eigenvalue weighted by atomic mass is 32.2. The first-order valence-corrected chi connectivity index (χ1v) is 8.87. The van der Waals surface area contributed by atoms with Gasteiger partial charge in [-0.1, -0.05) is 12.1 Å². The van der Waals surface area contributed by atoms with Gasteiger partial charge in [0, 0.05) is 19.6 Å². The van der Waals surface area contributed by atoms with Crippen molar-refractivity contribution in [3.05, 3.63) is 42.5 Å². The zero-order valence-electron chi connectivity index (χ0n) is 12.5. The molecule has 7 nitrogen and oxygen atoms in total. The van der Waals surface area contributed by atoms with E-state index in [9.17, 15) is 8.42 Å². The van der Waals surface area contributed by atoms with Crippen molar-refractivity contribution >= 4 is 10.0 Å². The second-order valence-corrected chi connectivity index (χ2v) is 7.50. The van der Waals surface area contributed by atoms with Gasteiger partial charge in [-0.15, -0.1) is 0 Å². The van der Waals surface area contributed by atoms with Crippen LogP contribution < -0.4 is 0 Å². The zero-order chi connectivity index (χ0) is 16.3. The van der Waals surface area contributed by atoms with Gasteiger partial charge in [0.2, 0.25) is 10.0 Å². The summed E-state index contributed by atoms with van der Waals surface area (Å²) in [6.45, 7) is 1.56. The fraction of sp³-hybridized carbons (Fsp3) is 0.400. The number of hydrogen-bond donors (Lipinski definition) is 0. The van der Waals surface area contributed by atoms with E-state index >= 15 is 0 Å². The fourth-order valence-electron chi connectivity index (χ4n) is 2.91. The number of benzene rings is 1. The number of hydrogen-bond acceptors (Lipinski definition) is 5. The van der Waals surface area contributed by atoms with Gasteiger partial charge in [0.15, 0.2) is 0 Å². The minimum atomic E-state index is -3.65. The summed E-state index contributed by atoms with van der Waals surface area (Å²) in [5, 5.41) is 13.2. The van der Waals surface area contributed by atoms with E-state index < -0.39 is 10.0 Å². The first-order valence-electron chi connectivity index (χ1n) is 7.43. The van der Waals surface area contributed by atoms with Crippen LogP contribution in [0.25, 0.3) is 0 Å². The third-order valence-corrected chi connectivity index (χ3v) is 5.94. The molecule has 2 heterocycles. The number of aromatic nitrogens is 3. The van der Waals surface area contributed by atoms with Crippen molar-refractivity contribution in [1.82, 2.24) is 19.1 Å². The minimum Gasteiger partial charge on any atom is -0.253 e. The molecule has 1 aliphatic heterocycles. The topological polar surface area (TPSA) is 91.9 Å². The maximum atomic E-state index is 12.9. The first kappa shape index (κ1) is 15.6. The Hall–Kier alpha value is -2.24. The maximum absolute atomic E-state index is 12.9. The van der Waals surface area contributed by atoms with Crippen LogP contribution >= 0.6 is 0 Å². The molecule has 23 heavy (non-hydrogen) atoms. The van der Waals surface area contributed by atoms with E-state index in [4.69, 9.17) is 5.26 Å². The maximum Gasteiger partial charge on any atom is 0.244 e. The summed E-state index contributed by atoms with van der Waals surface area (Å²) < 4.78 is 28.9. The third kappa shape index (κ3) is 3.25. The summed E-state index contributed by atoms with van der Waals surface area (Å²) >= 11 is 0. The number of sulfonamides is 1. The van der Waals surface area contributed by atoms with E-state index in [1.807, 2.05) is 6.07 Å². The van der Waals surface area contributed by atoms with Crippen molar-refractivity contribution in [3.8, 4) is 6.07 Å². The van der Waals surface area contributed by atoms with E-state index in [1.165, 1.54) is 22.8 Å². The SMILES string of the molecule is N#Cc1ccccc1S(=O)(=O)N1CCC[C@@H](Cn2cncn2)C1. The molecule has 1 aromatic carbocycles. The molecule has 0 bridgehead atoms. The Balaban J connectivity index is 1.81. The molecule has 1 aliphatic rings. The molecule has 3 rings (SSSR count). The molecule has 2 aromatic rings. The quantitative estimate of drug-likeness (QED) is 0.841. The predicted octanol–water partition coefficient (Wildman–Crippen LogP) is 1.25. The summed E-state index contributed by atoms with van der Waals surface area (Å²) in [4.78, 5) is 4.00. The Morgan fingerprint density at radius 3 is 2.91 bits per heavy atom. The van der Waals surface area contributed by atoms with Gasteiger partial charge in [-0.25, -0.2) is 13.4 Å². The number of rotatable bonds is 4. The molecule has 0 amide bonds. The molecule has 1 fully saturated rings. The van der Waals surface area contributed by atoms with E-state index in [0.29, 0.717) is 19.6 Å². The lowest BCUT2D eigenvalue weighted by Gasteiger charge is -2.32. The first-order chi connectivity index (χ1) is 11.1. The van der Waals surface area contributed by atoms with Crippen LogP contribution in [0.15, 0.2) is 41.8 Å². The molecule has 1 saturated heterocycles. The van der Waals surface area contributed by atoms with Crippen LogP contribution in [0.4, 0.5) is 0 Å². The van der Waals surface area contributed by atoms with E-state index in [0.717, 1.165) is 12.8 Å². The molecule has 1 aromatic heterocycles. The van der Waals surface area contributed by atoms with Gasteiger partial charge >= 0.3 is 0 Å². The van der Waals surface area contributed by atoms with Crippen molar-refractivity contribution in [2.45, 2.75) is 24.3 Å². The summed E-state index contributed by atoms with van der Waals surface area (Å²) in [7, 11) is -3.65. The lowest BCUT2D eigenvalue weighted by Crippen LogP contribution is -2.41. The zero-order valence-corrected chi connectivity index (χ0v) is 13.4. The number of nitrogens with zero attached hydrogens (tertiary/aromatic N) is 5. The van der Waals surface area contributed by atoms with E-state index in [2.05, 4.69) is 10.1 Å². The highest BCUT2D eigenvalue weighted by Gasteiger charge is 2.31. The Morgan fingerprint density at radius 2 is 2.17 bits per heavy atom. The molecule has 1 atom stereocenters. The van der Waals surface area contributed by atoms with Gasteiger partial charge in [0.1, 0.15) is 18.7 Å². The van der Waals surface area contributed by atoms with Crippen LogP contribution in [-0.4, -0.2) is 40.6 Å². The molecule has 0 N–H and O–H groups in total. The van der Waals surface area contributed by atoms with Crippen LogP contribution in [0, 0.1) is 17.2 Å². The van der Waals surface area contributed by atoms with Gasteiger partial charge in [-0.2, -0.15) is 14.7 Å². The van der Waals surface area contributed by atoms with Crippen LogP contribution in [-0.2, 0) is 16.6 Å². The number of nitriles is 1. The van der Waals surface area contributed by atoms with Crippen molar-refractivity contribution in [2.75, 3.05) is 13.1 Å². The van der Waals surface area contributed by atoms with Crippen molar-refractivity contribution in [1.29, 1.82) is 5.26 Å². The lowest BCUT2D eigenvalue weighted by molar-refractivity contribution is 0.239. The Bertz CT molecular complexity index is 811. The molecular weight excluding hydrogens is 314 g/mol. The molecule has 0 unspecified atom stereocenters. The highest BCUT2D eigenvalue weighted by Crippen LogP contribution is 2.26. The summed E-state index contributed by atoms with van der Waals surface area (Å²) in [6.07, 6.45) is 4.86. The summed E-state index contributed by atoms with van der Waals surface area (Å²) in [5.41, 5.74) is 0.186. The fourth-order valence-corrected chi connectivity index (χ4v) is 4.61. The van der Waals surface area contributed by atoms with Crippen LogP contribution in [0.5, 0.6) is 0 Å². The van der Waals surface area contributed by atoms with Crippen LogP contribution in [0.3, 0.4) is 0 Å². The standard InChI is InChI=1S/C15H17N5O2S/c16-8-14-5-1-2-6-15(14)23(21,22)20-7-3-4-13(10-20)9-19-12-17-11-18-19/h1-2,5-6,11-13H,3-4,7,9-10H2/t13-/m0/s1. The second kappa shape index (κ2) is 6.48. The molecule has 0 spiro atoms. The summed E-state index contributed by atoms with van der Waals surface area (Å²) in [5.74, 6) is 0.189.